The second-order valence-corrected chi connectivity index (χ2v) is 5.22. The molecular formula is C15H16BrO3+. The van der Waals surface area contributed by atoms with Crippen molar-refractivity contribution in [3.8, 4) is 0 Å². The molecule has 1 aromatic heterocycles. The average molecular weight is 324 g/mol. The molecule has 0 amide bonds. The second-order valence-electron chi connectivity index (χ2n) is 4.43. The van der Waals surface area contributed by atoms with Crippen LogP contribution in [0.15, 0.2) is 27.1 Å². The van der Waals surface area contributed by atoms with Gasteiger partial charge in [-0.3, -0.25) is 4.79 Å². The summed E-state index contributed by atoms with van der Waals surface area (Å²) in [7, 11) is 0. The zero-order valence-corrected chi connectivity index (χ0v) is 12.8. The maximum atomic E-state index is 11.6. The molecule has 0 saturated heterocycles. The molecule has 0 aliphatic rings. The smallest absolute Gasteiger partial charge is 0.361 e. The summed E-state index contributed by atoms with van der Waals surface area (Å²) in [5, 5.41) is 0.968. The largest absolute Gasteiger partial charge is 0.466 e. The predicted octanol–water partition coefficient (Wildman–Crippen LogP) is 4.20. The SMILES string of the molecule is CCOC(=O)Cc1c(C)cc2[o+]c(C)ccc2c1Br. The number of halogens is 1. The van der Waals surface area contributed by atoms with Gasteiger partial charge >= 0.3 is 17.3 Å². The summed E-state index contributed by atoms with van der Waals surface area (Å²) in [5.74, 6) is 0.645. The maximum Gasteiger partial charge on any atom is 0.361 e. The molecule has 19 heavy (non-hydrogen) atoms. The molecule has 4 heteroatoms. The number of aryl methyl sites for hydroxylation is 2. The average Bonchev–Trinajstić information content (AvgIpc) is 2.34. The normalized spacial score (nSPS) is 10.7. The Hall–Kier alpha value is -1.42. The number of hydrogen-bond donors (Lipinski definition) is 0. The van der Waals surface area contributed by atoms with E-state index in [9.17, 15) is 4.79 Å². The van der Waals surface area contributed by atoms with Gasteiger partial charge in [0.25, 0.3) is 0 Å². The molecule has 1 aromatic carbocycles. The maximum absolute atomic E-state index is 11.6. The van der Waals surface area contributed by atoms with Gasteiger partial charge < -0.3 is 4.74 Å². The molecule has 0 N–H and O–H groups in total. The Balaban J connectivity index is 2.50. The summed E-state index contributed by atoms with van der Waals surface area (Å²) in [6.07, 6.45) is 0.268. The van der Waals surface area contributed by atoms with Gasteiger partial charge in [-0.05, 0) is 47.0 Å². The number of carbonyl (C=O) groups is 1. The van der Waals surface area contributed by atoms with Gasteiger partial charge in [0.15, 0.2) is 0 Å². The first-order valence-electron chi connectivity index (χ1n) is 6.20. The van der Waals surface area contributed by atoms with Crippen LogP contribution < -0.4 is 0 Å². The summed E-state index contributed by atoms with van der Waals surface area (Å²) < 4.78 is 11.6. The third-order valence-corrected chi connectivity index (χ3v) is 3.88. The van der Waals surface area contributed by atoms with Gasteiger partial charge in [-0.15, -0.1) is 0 Å². The molecule has 3 nitrogen and oxygen atoms in total. The van der Waals surface area contributed by atoms with Crippen LogP contribution in [-0.2, 0) is 16.0 Å². The summed E-state index contributed by atoms with van der Waals surface area (Å²) in [6.45, 7) is 6.09. The van der Waals surface area contributed by atoms with Gasteiger partial charge in [0.05, 0.1) is 25.3 Å². The zero-order chi connectivity index (χ0) is 14.0. The van der Waals surface area contributed by atoms with Crippen molar-refractivity contribution in [1.29, 1.82) is 0 Å². The number of benzene rings is 1. The van der Waals surface area contributed by atoms with Gasteiger partial charge in [0.2, 0.25) is 0 Å². The summed E-state index contributed by atoms with van der Waals surface area (Å²) in [4.78, 5) is 11.6. The van der Waals surface area contributed by atoms with Crippen molar-refractivity contribution in [2.24, 2.45) is 0 Å². The highest BCUT2D eigenvalue weighted by atomic mass is 79.9. The fourth-order valence-corrected chi connectivity index (χ4v) is 2.81. The Kier molecular flexibility index (Phi) is 4.20. The lowest BCUT2D eigenvalue weighted by Crippen LogP contribution is -2.09. The molecule has 0 fully saturated rings. The van der Waals surface area contributed by atoms with Crippen LogP contribution in [0.25, 0.3) is 11.0 Å². The van der Waals surface area contributed by atoms with E-state index < -0.39 is 0 Å². The van der Waals surface area contributed by atoms with E-state index in [2.05, 4.69) is 15.9 Å². The topological polar surface area (TPSA) is 37.6 Å². The van der Waals surface area contributed by atoms with Crippen LogP contribution in [0, 0.1) is 13.8 Å². The van der Waals surface area contributed by atoms with Crippen molar-refractivity contribution in [3.63, 3.8) is 0 Å². The highest BCUT2D eigenvalue weighted by molar-refractivity contribution is 9.10. The van der Waals surface area contributed by atoms with Crippen LogP contribution in [0.1, 0.15) is 23.8 Å². The predicted molar refractivity (Wildman–Crippen MR) is 78.1 cm³/mol. The first-order valence-corrected chi connectivity index (χ1v) is 6.99. The van der Waals surface area contributed by atoms with E-state index >= 15 is 0 Å². The molecule has 1 heterocycles. The number of esters is 1. The molecule has 100 valence electrons. The van der Waals surface area contributed by atoms with Gasteiger partial charge in [0, 0.05) is 16.6 Å². The summed E-state index contributed by atoms with van der Waals surface area (Å²) in [5.41, 5.74) is 2.78. The van der Waals surface area contributed by atoms with E-state index in [1.165, 1.54) is 0 Å². The highest BCUT2D eigenvalue weighted by Crippen LogP contribution is 2.31. The van der Waals surface area contributed by atoms with E-state index in [4.69, 9.17) is 9.15 Å². The summed E-state index contributed by atoms with van der Waals surface area (Å²) in [6, 6.07) is 5.87. The van der Waals surface area contributed by atoms with Crippen LogP contribution in [0.5, 0.6) is 0 Å². The number of rotatable bonds is 3. The van der Waals surface area contributed by atoms with Gasteiger partial charge in [-0.25, -0.2) is 4.42 Å². The molecular weight excluding hydrogens is 308 g/mol. The first kappa shape index (κ1) is 14.0. The lowest BCUT2D eigenvalue weighted by atomic mass is 10.0. The zero-order valence-electron chi connectivity index (χ0n) is 11.2. The summed E-state index contributed by atoms with van der Waals surface area (Å²) >= 11 is 3.57. The molecule has 0 radical (unpaired) electrons. The molecule has 0 aliphatic carbocycles. The van der Waals surface area contributed by atoms with Crippen LogP contribution in [0.4, 0.5) is 0 Å². The molecule has 0 atom stereocenters. The van der Waals surface area contributed by atoms with Gasteiger partial charge in [0.1, 0.15) is 0 Å². The monoisotopic (exact) mass is 323 g/mol. The molecule has 2 rings (SSSR count). The standard InChI is InChI=1S/C15H16BrO3/c1-4-18-14(17)8-12-9(2)7-13-11(15(12)16)6-5-10(3)19-13/h5-7H,4,8H2,1-3H3/q+1. The quantitative estimate of drug-likeness (QED) is 0.627. The minimum atomic E-state index is -0.213. The molecule has 0 saturated carbocycles. The van der Waals surface area contributed by atoms with Crippen LogP contribution in [-0.4, -0.2) is 12.6 Å². The lowest BCUT2D eigenvalue weighted by molar-refractivity contribution is -0.142. The van der Waals surface area contributed by atoms with E-state index in [0.29, 0.717) is 6.61 Å². The second kappa shape index (κ2) is 5.70. The van der Waals surface area contributed by atoms with Crippen molar-refractivity contribution in [3.05, 3.63) is 39.6 Å². The first-order chi connectivity index (χ1) is 9.02. The Morgan fingerprint density at radius 1 is 1.37 bits per heavy atom. The minimum Gasteiger partial charge on any atom is -0.466 e. The van der Waals surface area contributed by atoms with Crippen molar-refractivity contribution in [2.45, 2.75) is 27.2 Å². The molecule has 0 bridgehead atoms. The van der Waals surface area contributed by atoms with Crippen LogP contribution in [0.2, 0.25) is 0 Å². The number of ether oxygens (including phenoxy) is 1. The Morgan fingerprint density at radius 2 is 2.11 bits per heavy atom. The molecule has 2 aromatic rings. The Morgan fingerprint density at radius 3 is 2.79 bits per heavy atom. The van der Waals surface area contributed by atoms with Crippen molar-refractivity contribution in [2.75, 3.05) is 6.61 Å². The van der Waals surface area contributed by atoms with E-state index in [-0.39, 0.29) is 12.4 Å². The molecule has 0 aliphatic heterocycles. The van der Waals surface area contributed by atoms with Crippen LogP contribution >= 0.6 is 15.9 Å². The Labute approximate surface area is 120 Å². The number of fused-ring (bicyclic) bond motifs is 1. The minimum absolute atomic E-state index is 0.213. The Bertz CT molecular complexity index is 635. The van der Waals surface area contributed by atoms with Gasteiger partial charge in [-0.2, -0.15) is 0 Å². The highest BCUT2D eigenvalue weighted by Gasteiger charge is 2.19. The third-order valence-electron chi connectivity index (χ3n) is 2.97. The van der Waals surface area contributed by atoms with Crippen molar-refractivity contribution >= 4 is 32.9 Å². The number of carbonyl (C=O) groups excluding carboxylic acids is 1. The van der Waals surface area contributed by atoms with E-state index in [0.717, 1.165) is 32.3 Å². The van der Waals surface area contributed by atoms with E-state index in [1.54, 1.807) is 0 Å². The fourth-order valence-electron chi connectivity index (χ4n) is 2.03. The van der Waals surface area contributed by atoms with Crippen molar-refractivity contribution < 1.29 is 13.9 Å². The molecule has 0 spiro atoms. The van der Waals surface area contributed by atoms with E-state index in [1.807, 2.05) is 39.0 Å². The number of hydrogen-bond acceptors (Lipinski definition) is 2. The fraction of sp³-hybridized carbons (Fsp3) is 0.333. The lowest BCUT2D eigenvalue weighted by Gasteiger charge is -2.08. The third kappa shape index (κ3) is 2.95. The van der Waals surface area contributed by atoms with Crippen LogP contribution in [0.3, 0.4) is 0 Å². The van der Waals surface area contributed by atoms with Gasteiger partial charge in [-0.1, -0.05) is 0 Å². The van der Waals surface area contributed by atoms with Crippen molar-refractivity contribution in [1.82, 2.24) is 0 Å². The molecule has 0 unspecified atom stereocenters.